The van der Waals surface area contributed by atoms with Crippen LogP contribution in [0.5, 0.6) is 5.75 Å². The molecule has 2 atom stereocenters. The molecule has 1 fully saturated rings. The highest BCUT2D eigenvalue weighted by molar-refractivity contribution is 6.02. The Morgan fingerprint density at radius 2 is 1.88 bits per heavy atom. The topological polar surface area (TPSA) is 93.5 Å². The van der Waals surface area contributed by atoms with Gasteiger partial charge in [0.2, 0.25) is 11.8 Å². The van der Waals surface area contributed by atoms with Crippen molar-refractivity contribution in [2.45, 2.75) is 20.3 Å². The fraction of sp³-hybridized carbons (Fsp3) is 0.353. The lowest BCUT2D eigenvalue weighted by Gasteiger charge is -2.07. The second-order valence-electron chi connectivity index (χ2n) is 5.71. The molecule has 0 bridgehead atoms. The highest BCUT2D eigenvalue weighted by atomic mass is 16.5. The van der Waals surface area contributed by atoms with Crippen molar-refractivity contribution in [2.24, 2.45) is 11.8 Å². The van der Waals surface area contributed by atoms with Crippen molar-refractivity contribution in [3.8, 4) is 5.75 Å². The molecular weight excluding hydrogens is 310 g/mol. The third-order valence-corrected chi connectivity index (χ3v) is 3.78. The second kappa shape index (κ2) is 6.74. The van der Waals surface area contributed by atoms with Gasteiger partial charge in [-0.25, -0.2) is 0 Å². The van der Waals surface area contributed by atoms with Gasteiger partial charge in [0.1, 0.15) is 11.5 Å². The zero-order valence-electron chi connectivity index (χ0n) is 13.5. The number of rotatable bonds is 6. The molecule has 1 aliphatic carbocycles. The summed E-state index contributed by atoms with van der Waals surface area (Å²) in [6.07, 6.45) is 0.533. The Kier molecular flexibility index (Phi) is 4.50. The van der Waals surface area contributed by atoms with E-state index in [9.17, 15) is 9.59 Å². The number of hydrogen-bond donors (Lipinski definition) is 2. The van der Waals surface area contributed by atoms with E-state index in [1.54, 1.807) is 37.3 Å². The first-order chi connectivity index (χ1) is 11.6. The first kappa shape index (κ1) is 16.0. The molecule has 3 rings (SSSR count). The summed E-state index contributed by atoms with van der Waals surface area (Å²) in [5, 5.41) is 9.18. The number of nitrogens with zero attached hydrogens (tertiary/aromatic N) is 1. The lowest BCUT2D eigenvalue weighted by atomic mass is 10.2. The minimum absolute atomic E-state index is 0.157. The van der Waals surface area contributed by atoms with Crippen molar-refractivity contribution in [2.75, 3.05) is 17.2 Å². The maximum absolute atomic E-state index is 12.2. The van der Waals surface area contributed by atoms with Crippen LogP contribution in [-0.4, -0.2) is 23.6 Å². The largest absolute Gasteiger partial charge is 0.494 e. The van der Waals surface area contributed by atoms with E-state index in [1.807, 2.05) is 6.92 Å². The van der Waals surface area contributed by atoms with Crippen molar-refractivity contribution >= 4 is 23.3 Å². The van der Waals surface area contributed by atoms with Gasteiger partial charge < -0.3 is 19.9 Å². The van der Waals surface area contributed by atoms with E-state index >= 15 is 0 Å². The summed E-state index contributed by atoms with van der Waals surface area (Å²) in [4.78, 5) is 24.3. The van der Waals surface area contributed by atoms with Crippen molar-refractivity contribution in [3.05, 3.63) is 36.1 Å². The Balaban J connectivity index is 1.51. The highest BCUT2D eigenvalue weighted by Crippen LogP contribution is 2.40. The minimum atomic E-state index is -0.329. The predicted molar refractivity (Wildman–Crippen MR) is 87.7 cm³/mol. The summed E-state index contributed by atoms with van der Waals surface area (Å²) in [5.41, 5.74) is 0.682. The maximum Gasteiger partial charge on any atom is 0.229 e. The number of aryl methyl sites for hydroxylation is 1. The molecule has 0 aliphatic heterocycles. The minimum Gasteiger partial charge on any atom is -0.494 e. The number of amides is 2. The van der Waals surface area contributed by atoms with E-state index in [2.05, 4.69) is 15.8 Å². The van der Waals surface area contributed by atoms with E-state index in [1.165, 1.54) is 0 Å². The van der Waals surface area contributed by atoms with Gasteiger partial charge >= 0.3 is 0 Å². The van der Waals surface area contributed by atoms with Crippen molar-refractivity contribution in [1.82, 2.24) is 5.16 Å². The third-order valence-electron chi connectivity index (χ3n) is 3.78. The Bertz CT molecular complexity index is 739. The van der Waals surface area contributed by atoms with Crippen LogP contribution in [0.2, 0.25) is 0 Å². The van der Waals surface area contributed by atoms with Gasteiger partial charge in [-0.3, -0.25) is 9.59 Å². The van der Waals surface area contributed by atoms with E-state index in [0.29, 0.717) is 30.3 Å². The van der Waals surface area contributed by atoms with E-state index in [-0.39, 0.29) is 23.7 Å². The molecule has 126 valence electrons. The molecule has 1 aliphatic rings. The van der Waals surface area contributed by atoms with Crippen LogP contribution >= 0.6 is 0 Å². The van der Waals surface area contributed by atoms with Gasteiger partial charge in [-0.1, -0.05) is 5.16 Å². The zero-order valence-corrected chi connectivity index (χ0v) is 13.5. The van der Waals surface area contributed by atoms with E-state index in [0.717, 1.165) is 5.75 Å². The molecule has 2 unspecified atom stereocenters. The smallest absolute Gasteiger partial charge is 0.229 e. The monoisotopic (exact) mass is 329 g/mol. The summed E-state index contributed by atoms with van der Waals surface area (Å²) < 4.78 is 10.2. The molecular formula is C17H19N3O4. The summed E-state index contributed by atoms with van der Waals surface area (Å²) >= 11 is 0. The van der Waals surface area contributed by atoms with Crippen molar-refractivity contribution in [3.63, 3.8) is 0 Å². The second-order valence-corrected chi connectivity index (χ2v) is 5.71. The maximum atomic E-state index is 12.2. The quantitative estimate of drug-likeness (QED) is 0.849. The van der Waals surface area contributed by atoms with Crippen LogP contribution in [0.1, 0.15) is 19.1 Å². The SMILES string of the molecule is CCOc1ccc(NC(=O)C2CC2C(=O)Nc2cc(C)on2)cc1. The fourth-order valence-corrected chi connectivity index (χ4v) is 2.45. The summed E-state index contributed by atoms with van der Waals surface area (Å²) in [6.45, 7) is 4.25. The Morgan fingerprint density at radius 1 is 1.21 bits per heavy atom. The standard InChI is InChI=1S/C17H19N3O4/c1-3-23-12-6-4-11(5-7-12)18-16(21)13-9-14(13)17(22)19-15-8-10(2)24-20-15/h4-8,13-14H,3,9H2,1-2H3,(H,18,21)(H,19,20,22). The average Bonchev–Trinajstić information content (AvgIpc) is 3.27. The zero-order chi connectivity index (χ0) is 17.1. The van der Waals surface area contributed by atoms with Gasteiger partial charge in [0.05, 0.1) is 18.4 Å². The van der Waals surface area contributed by atoms with E-state index < -0.39 is 0 Å². The number of aromatic nitrogens is 1. The molecule has 1 heterocycles. The van der Waals surface area contributed by atoms with Crippen molar-refractivity contribution in [1.29, 1.82) is 0 Å². The van der Waals surface area contributed by atoms with Crippen LogP contribution < -0.4 is 15.4 Å². The predicted octanol–water partition coefficient (Wildman–Crippen LogP) is 2.60. The van der Waals surface area contributed by atoms with Gasteiger partial charge in [-0.15, -0.1) is 0 Å². The first-order valence-corrected chi connectivity index (χ1v) is 7.84. The summed E-state index contributed by atoms with van der Waals surface area (Å²) in [6, 6.07) is 8.78. The first-order valence-electron chi connectivity index (χ1n) is 7.84. The molecule has 2 aromatic rings. The number of benzene rings is 1. The van der Waals surface area contributed by atoms with Crippen molar-refractivity contribution < 1.29 is 18.8 Å². The third kappa shape index (κ3) is 3.73. The molecule has 1 aromatic carbocycles. The molecule has 2 amide bonds. The molecule has 24 heavy (non-hydrogen) atoms. The van der Waals surface area contributed by atoms with Crippen LogP contribution in [0.4, 0.5) is 11.5 Å². The fourth-order valence-electron chi connectivity index (χ4n) is 2.45. The number of nitrogens with one attached hydrogen (secondary N) is 2. The molecule has 0 radical (unpaired) electrons. The summed E-state index contributed by atoms with van der Waals surface area (Å²) in [5.74, 6) is 0.725. The van der Waals surface area contributed by atoms with Gasteiger partial charge in [-0.2, -0.15) is 0 Å². The summed E-state index contributed by atoms with van der Waals surface area (Å²) in [7, 11) is 0. The van der Waals surface area contributed by atoms with Gasteiger partial charge in [-0.05, 0) is 44.5 Å². The molecule has 2 N–H and O–H groups in total. The molecule has 1 aromatic heterocycles. The van der Waals surface area contributed by atoms with Gasteiger partial charge in [0.15, 0.2) is 5.82 Å². The lowest BCUT2D eigenvalue weighted by molar-refractivity contribution is -0.122. The van der Waals surface area contributed by atoms with Crippen LogP contribution in [0.25, 0.3) is 0 Å². The van der Waals surface area contributed by atoms with E-state index in [4.69, 9.17) is 9.26 Å². The Labute approximate surface area is 139 Å². The van der Waals surface area contributed by atoms with Crippen LogP contribution in [0.3, 0.4) is 0 Å². The Morgan fingerprint density at radius 3 is 2.46 bits per heavy atom. The molecule has 7 nitrogen and oxygen atoms in total. The normalized spacial score (nSPS) is 18.8. The number of anilines is 2. The lowest BCUT2D eigenvalue weighted by Crippen LogP contribution is -2.20. The molecule has 1 saturated carbocycles. The molecule has 0 spiro atoms. The molecule has 0 saturated heterocycles. The number of carbonyl (C=O) groups excluding carboxylic acids is 2. The van der Waals surface area contributed by atoms with Crippen LogP contribution in [0.15, 0.2) is 34.9 Å². The average molecular weight is 329 g/mol. The Hall–Kier alpha value is -2.83. The number of ether oxygens (including phenoxy) is 1. The number of hydrogen-bond acceptors (Lipinski definition) is 5. The van der Waals surface area contributed by atoms with Gasteiger partial charge in [0, 0.05) is 11.8 Å². The van der Waals surface area contributed by atoms with Gasteiger partial charge in [0.25, 0.3) is 0 Å². The number of carbonyl (C=O) groups is 2. The van der Waals surface area contributed by atoms with Crippen LogP contribution in [-0.2, 0) is 9.59 Å². The molecule has 7 heteroatoms. The van der Waals surface area contributed by atoms with Crippen LogP contribution in [0, 0.1) is 18.8 Å². The highest BCUT2D eigenvalue weighted by Gasteiger charge is 2.48.